The van der Waals surface area contributed by atoms with E-state index in [2.05, 4.69) is 0 Å². The second kappa shape index (κ2) is 2.41. The first-order valence-electron chi connectivity index (χ1n) is 4.70. The Labute approximate surface area is 72.3 Å². The van der Waals surface area contributed by atoms with Gasteiger partial charge in [0, 0.05) is 24.2 Å². The summed E-state index contributed by atoms with van der Waals surface area (Å²) in [6, 6.07) is 0. The van der Waals surface area contributed by atoms with Crippen molar-refractivity contribution in [1.29, 1.82) is 0 Å². The number of ketones is 2. The van der Waals surface area contributed by atoms with Gasteiger partial charge in [-0.1, -0.05) is 6.92 Å². The Morgan fingerprint density at radius 2 is 2.08 bits per heavy atom. The third-order valence-electron chi connectivity index (χ3n) is 3.58. The van der Waals surface area contributed by atoms with E-state index in [-0.39, 0.29) is 11.3 Å². The fourth-order valence-electron chi connectivity index (χ4n) is 2.65. The predicted molar refractivity (Wildman–Crippen MR) is 44.7 cm³/mol. The molecule has 2 fully saturated rings. The van der Waals surface area contributed by atoms with Gasteiger partial charge in [0.25, 0.3) is 0 Å². The minimum Gasteiger partial charge on any atom is -0.299 e. The van der Waals surface area contributed by atoms with E-state index >= 15 is 0 Å². The Bertz CT molecular complexity index is 244. The first-order chi connectivity index (χ1) is 5.64. The minimum atomic E-state index is -0.269. The Morgan fingerprint density at radius 3 is 2.75 bits per heavy atom. The van der Waals surface area contributed by atoms with Gasteiger partial charge >= 0.3 is 0 Å². The van der Waals surface area contributed by atoms with Crippen molar-refractivity contribution in [1.82, 2.24) is 0 Å². The highest BCUT2D eigenvalue weighted by molar-refractivity contribution is 5.96. The summed E-state index contributed by atoms with van der Waals surface area (Å²) in [6.45, 7) is 1.98. The van der Waals surface area contributed by atoms with Crippen molar-refractivity contribution >= 4 is 11.6 Å². The number of hydrogen-bond acceptors (Lipinski definition) is 2. The van der Waals surface area contributed by atoms with Gasteiger partial charge in [0.15, 0.2) is 0 Å². The fraction of sp³-hybridized carbons (Fsp3) is 0.800. The van der Waals surface area contributed by atoms with E-state index in [0.29, 0.717) is 24.4 Å². The van der Waals surface area contributed by atoms with E-state index in [9.17, 15) is 9.59 Å². The van der Waals surface area contributed by atoms with Crippen LogP contribution in [0, 0.1) is 11.3 Å². The zero-order valence-electron chi connectivity index (χ0n) is 7.43. The molecule has 0 saturated heterocycles. The molecule has 0 aliphatic heterocycles. The summed E-state index contributed by atoms with van der Waals surface area (Å²) in [4.78, 5) is 23.0. The summed E-state index contributed by atoms with van der Waals surface area (Å²) < 4.78 is 0. The summed E-state index contributed by atoms with van der Waals surface area (Å²) in [6.07, 6.45) is 3.99. The van der Waals surface area contributed by atoms with Crippen molar-refractivity contribution in [3.8, 4) is 0 Å². The molecule has 2 aliphatic carbocycles. The van der Waals surface area contributed by atoms with Crippen molar-refractivity contribution in [2.75, 3.05) is 0 Å². The molecule has 0 spiro atoms. The van der Waals surface area contributed by atoms with Crippen LogP contribution in [0.5, 0.6) is 0 Å². The van der Waals surface area contributed by atoms with Crippen LogP contribution in [0.1, 0.15) is 39.0 Å². The van der Waals surface area contributed by atoms with Gasteiger partial charge in [-0.05, 0) is 19.3 Å². The lowest BCUT2D eigenvalue weighted by Gasteiger charge is -2.33. The molecule has 0 aromatic heterocycles. The van der Waals surface area contributed by atoms with Gasteiger partial charge in [0.1, 0.15) is 11.6 Å². The number of fused-ring (bicyclic) bond motifs is 1. The molecule has 0 heterocycles. The lowest BCUT2D eigenvalue weighted by molar-refractivity contribution is -0.136. The van der Waals surface area contributed by atoms with Crippen molar-refractivity contribution in [2.45, 2.75) is 39.0 Å². The van der Waals surface area contributed by atoms with E-state index in [1.54, 1.807) is 0 Å². The smallest absolute Gasteiger partial charge is 0.139 e. The number of Topliss-reactive ketones (excluding diaryl/α,β-unsaturated/α-hetero) is 2. The van der Waals surface area contributed by atoms with Crippen molar-refractivity contribution in [3.63, 3.8) is 0 Å². The first kappa shape index (κ1) is 7.96. The summed E-state index contributed by atoms with van der Waals surface area (Å²) in [5.74, 6) is 0.717. The lowest BCUT2D eigenvalue weighted by atomic mass is 9.68. The van der Waals surface area contributed by atoms with Gasteiger partial charge in [-0.3, -0.25) is 9.59 Å². The topological polar surface area (TPSA) is 34.1 Å². The number of carbonyl (C=O) groups excluding carboxylic acids is 2. The average molecular weight is 166 g/mol. The van der Waals surface area contributed by atoms with E-state index in [4.69, 9.17) is 0 Å². The number of hydrogen-bond donors (Lipinski definition) is 0. The molecule has 2 atom stereocenters. The van der Waals surface area contributed by atoms with Gasteiger partial charge in [0.05, 0.1) is 0 Å². The molecule has 2 rings (SSSR count). The highest BCUT2D eigenvalue weighted by Crippen LogP contribution is 2.47. The zero-order valence-corrected chi connectivity index (χ0v) is 7.43. The van der Waals surface area contributed by atoms with E-state index in [0.717, 1.165) is 19.3 Å². The third kappa shape index (κ3) is 0.869. The molecule has 0 radical (unpaired) electrons. The molecule has 0 aromatic rings. The van der Waals surface area contributed by atoms with Crippen LogP contribution in [0.4, 0.5) is 0 Å². The summed E-state index contributed by atoms with van der Waals surface area (Å²) in [5, 5.41) is 0. The molecule has 0 amide bonds. The molecule has 0 aromatic carbocycles. The molecular weight excluding hydrogens is 152 g/mol. The second-order valence-electron chi connectivity index (χ2n) is 4.25. The van der Waals surface area contributed by atoms with Crippen LogP contribution in [-0.4, -0.2) is 11.6 Å². The van der Waals surface area contributed by atoms with Crippen molar-refractivity contribution < 1.29 is 9.59 Å². The average Bonchev–Trinajstić information content (AvgIpc) is 2.33. The lowest BCUT2D eigenvalue weighted by Crippen LogP contribution is -2.37. The minimum absolute atomic E-state index is 0.0683. The molecule has 2 aliphatic rings. The van der Waals surface area contributed by atoms with Gasteiger partial charge in [-0.2, -0.15) is 0 Å². The molecule has 0 N–H and O–H groups in total. The van der Waals surface area contributed by atoms with E-state index in [1.165, 1.54) is 0 Å². The molecule has 2 heteroatoms. The monoisotopic (exact) mass is 166 g/mol. The van der Waals surface area contributed by atoms with Crippen LogP contribution >= 0.6 is 0 Å². The fourth-order valence-corrected chi connectivity index (χ4v) is 2.65. The van der Waals surface area contributed by atoms with Gasteiger partial charge in [0.2, 0.25) is 0 Å². The Balaban J connectivity index is 2.32. The number of rotatable bonds is 0. The highest BCUT2D eigenvalue weighted by atomic mass is 16.1. The third-order valence-corrected chi connectivity index (χ3v) is 3.58. The van der Waals surface area contributed by atoms with Crippen LogP contribution in [-0.2, 0) is 9.59 Å². The molecule has 0 bridgehead atoms. The molecule has 2 saturated carbocycles. The zero-order chi connectivity index (χ0) is 8.77. The Morgan fingerprint density at radius 1 is 1.33 bits per heavy atom. The molecular formula is C10H14O2. The first-order valence-corrected chi connectivity index (χ1v) is 4.70. The molecule has 12 heavy (non-hydrogen) atoms. The summed E-state index contributed by atoms with van der Waals surface area (Å²) in [5.41, 5.74) is -0.269. The molecule has 2 unspecified atom stereocenters. The van der Waals surface area contributed by atoms with E-state index < -0.39 is 0 Å². The predicted octanol–water partition coefficient (Wildman–Crippen LogP) is 1.72. The Kier molecular flexibility index (Phi) is 1.60. The van der Waals surface area contributed by atoms with Gasteiger partial charge < -0.3 is 0 Å². The summed E-state index contributed by atoms with van der Waals surface area (Å²) in [7, 11) is 0. The normalized spacial score (nSPS) is 41.6. The van der Waals surface area contributed by atoms with Crippen LogP contribution in [0.15, 0.2) is 0 Å². The maximum Gasteiger partial charge on any atom is 0.139 e. The second-order valence-corrected chi connectivity index (χ2v) is 4.25. The standard InChI is InChI=1S/C10H14O2/c1-10-6-5-8(11)7(10)3-2-4-9(10)12/h7H,2-6H2,1H3. The highest BCUT2D eigenvalue weighted by Gasteiger charge is 2.50. The van der Waals surface area contributed by atoms with Crippen LogP contribution in [0.25, 0.3) is 0 Å². The molecule has 66 valence electrons. The van der Waals surface area contributed by atoms with Gasteiger partial charge in [-0.25, -0.2) is 0 Å². The van der Waals surface area contributed by atoms with E-state index in [1.807, 2.05) is 6.92 Å². The van der Waals surface area contributed by atoms with Crippen molar-refractivity contribution in [3.05, 3.63) is 0 Å². The largest absolute Gasteiger partial charge is 0.299 e. The maximum atomic E-state index is 11.6. The SMILES string of the molecule is CC12CCC(=O)C1CCCC2=O. The number of carbonyl (C=O) groups is 2. The quantitative estimate of drug-likeness (QED) is 0.549. The van der Waals surface area contributed by atoms with Crippen LogP contribution in [0.2, 0.25) is 0 Å². The maximum absolute atomic E-state index is 11.6. The van der Waals surface area contributed by atoms with Crippen molar-refractivity contribution in [2.24, 2.45) is 11.3 Å². The Hall–Kier alpha value is -0.660. The van der Waals surface area contributed by atoms with Gasteiger partial charge in [-0.15, -0.1) is 0 Å². The van der Waals surface area contributed by atoms with Crippen LogP contribution < -0.4 is 0 Å². The molecule has 2 nitrogen and oxygen atoms in total. The summed E-state index contributed by atoms with van der Waals surface area (Å²) >= 11 is 0. The van der Waals surface area contributed by atoms with Crippen LogP contribution in [0.3, 0.4) is 0 Å².